The largest absolute Gasteiger partial charge is 1.00 e. The number of esters is 3. The fourth-order valence-electron chi connectivity index (χ4n) is 10.5. The lowest BCUT2D eigenvalue weighted by Crippen LogP contribution is -3.00. The van der Waals surface area contributed by atoms with Crippen molar-refractivity contribution in [1.29, 1.82) is 0 Å². The standard InChI is InChI=1S/C36H43N2O5.C28H30N2O3.C8H14O3.2ClH/c1-7-37(8-2)26-17-19-30-32(23-26)43-33-24-27(38(9-3)10-4)18-20-31(33)34(30)28-15-11-12-16-29(28)36(40)42-22-14-13-21-41-35(39)25(5)6;1-5-29(6-2)19-13-15-23-25(17-19)33-26-18-20(30(7-3)8-4)14-16-24(26)27(23)21-11-9-10-12-22(21)28(31)32;1-7(2)8(10)11-6-4-3-5-9;;/h11-12,15-20,23-24H,5,7-10,13-14,21-22H2,1-4,6H3;9-18H,5-8H2,1-4H3;9H,1,3-6H2,2H3;2*1H/q+1;;;;/p-1. The number of aliphatic hydroxyl groups is 1. The van der Waals surface area contributed by atoms with Gasteiger partial charge in [0.15, 0.2) is 0 Å². The highest BCUT2D eigenvalue weighted by Crippen LogP contribution is 2.44. The Bertz CT molecular complexity index is 3770. The molecule has 17 heteroatoms. The lowest BCUT2D eigenvalue weighted by atomic mass is 9.90. The zero-order valence-electron chi connectivity index (χ0n) is 53.4. The first kappa shape index (κ1) is 73.2. The number of nitrogens with zero attached hydrogens (tertiary/aromatic N) is 4. The van der Waals surface area contributed by atoms with Crippen molar-refractivity contribution in [2.24, 2.45) is 0 Å². The van der Waals surface area contributed by atoms with Crippen LogP contribution in [0.15, 0.2) is 154 Å². The molecule has 0 saturated carbocycles. The number of ether oxygens (including phenoxy) is 3. The number of rotatable bonds is 25. The minimum atomic E-state index is -0.938. The van der Waals surface area contributed by atoms with E-state index >= 15 is 0 Å². The number of hydrogen-bond acceptors (Lipinski definition) is 12. The lowest BCUT2D eigenvalue weighted by molar-refractivity contribution is -0.140. The van der Waals surface area contributed by atoms with Gasteiger partial charge >= 0.3 is 23.9 Å². The molecule has 0 spiro atoms. The maximum atomic E-state index is 13.4. The number of carbonyl (C=O) groups excluding carboxylic acids is 3. The summed E-state index contributed by atoms with van der Waals surface area (Å²) in [5.74, 6) is -0.588. The number of fused-ring (bicyclic) bond motifs is 4. The second-order valence-corrected chi connectivity index (χ2v) is 20.9. The van der Waals surface area contributed by atoms with Crippen molar-refractivity contribution in [3.63, 3.8) is 0 Å². The molecule has 0 bridgehead atoms. The smallest absolute Gasteiger partial charge is 0.338 e. The van der Waals surface area contributed by atoms with Gasteiger partial charge in [-0.2, -0.15) is 0 Å². The summed E-state index contributed by atoms with van der Waals surface area (Å²) in [6.45, 7) is 35.5. The Morgan fingerprint density at radius 2 is 0.865 bits per heavy atom. The first-order valence-corrected chi connectivity index (χ1v) is 30.5. The van der Waals surface area contributed by atoms with Crippen molar-refractivity contribution in [2.75, 3.05) is 88.6 Å². The third kappa shape index (κ3) is 18.7. The Morgan fingerprint density at radius 1 is 0.483 bits per heavy atom. The van der Waals surface area contributed by atoms with Crippen LogP contribution < -0.4 is 54.5 Å². The van der Waals surface area contributed by atoms with E-state index in [0.717, 1.165) is 136 Å². The molecule has 4 aromatic rings. The predicted octanol–water partition coefficient (Wildman–Crippen LogP) is 7.37. The maximum Gasteiger partial charge on any atom is 0.338 e. The van der Waals surface area contributed by atoms with Gasteiger partial charge < -0.3 is 67.9 Å². The summed E-state index contributed by atoms with van der Waals surface area (Å²) in [7, 11) is 0. The predicted molar refractivity (Wildman–Crippen MR) is 351 cm³/mol. The van der Waals surface area contributed by atoms with Gasteiger partial charge in [0.1, 0.15) is 48.9 Å². The van der Waals surface area contributed by atoms with E-state index in [4.69, 9.17) is 28.2 Å². The third-order valence-electron chi connectivity index (χ3n) is 15.2. The first-order valence-electron chi connectivity index (χ1n) is 30.5. The van der Waals surface area contributed by atoms with E-state index in [2.05, 4.69) is 160 Å². The van der Waals surface area contributed by atoms with Crippen molar-refractivity contribution in [3.05, 3.63) is 167 Å². The molecular formula is C72H88Cl2N4O11. The van der Waals surface area contributed by atoms with Gasteiger partial charge in [0.05, 0.1) is 43.1 Å². The van der Waals surface area contributed by atoms with E-state index in [-0.39, 0.29) is 56.2 Å². The van der Waals surface area contributed by atoms with E-state index in [1.165, 1.54) is 0 Å². The van der Waals surface area contributed by atoms with E-state index in [0.29, 0.717) is 54.6 Å². The minimum Gasteiger partial charge on any atom is -1.00 e. The number of carboxylic acid groups (broad SMARTS) is 1. The van der Waals surface area contributed by atoms with Gasteiger partial charge in [-0.15, -0.1) is 0 Å². The molecule has 0 amide bonds. The molecule has 8 rings (SSSR count). The summed E-state index contributed by atoms with van der Waals surface area (Å²) in [6.07, 6.45) is 2.54. The summed E-state index contributed by atoms with van der Waals surface area (Å²) in [4.78, 5) is 52.4. The van der Waals surface area contributed by atoms with Gasteiger partial charge in [0.25, 0.3) is 0 Å². The quantitative estimate of drug-likeness (QED) is 0.0145. The van der Waals surface area contributed by atoms with Crippen LogP contribution in [0.2, 0.25) is 0 Å². The van der Waals surface area contributed by atoms with Crippen LogP contribution in [0.4, 0.5) is 11.4 Å². The van der Waals surface area contributed by atoms with E-state index in [1.54, 1.807) is 26.0 Å². The molecule has 15 nitrogen and oxygen atoms in total. The fraction of sp³-hybridized carbons (Fsp3) is 0.361. The first-order chi connectivity index (χ1) is 42.0. The van der Waals surface area contributed by atoms with Crippen LogP contribution in [0.25, 0.3) is 66.8 Å². The number of anilines is 2. The second-order valence-electron chi connectivity index (χ2n) is 20.9. The molecule has 0 atom stereocenters. The number of carbonyl (C=O) groups is 4. The Morgan fingerprint density at radius 3 is 1.25 bits per heavy atom. The molecule has 0 unspecified atom stereocenters. The van der Waals surface area contributed by atoms with Crippen LogP contribution in [0.5, 0.6) is 0 Å². The molecule has 4 aliphatic rings. The average Bonchev–Trinajstić information content (AvgIpc) is 0.987. The Balaban J connectivity index is 0.000000326. The van der Waals surface area contributed by atoms with Crippen molar-refractivity contribution >= 4 is 57.2 Å². The maximum absolute atomic E-state index is 13.4. The van der Waals surface area contributed by atoms with Crippen LogP contribution in [0.1, 0.15) is 116 Å². The molecule has 4 aromatic carbocycles. The monoisotopic (exact) mass is 1250 g/mol. The highest BCUT2D eigenvalue weighted by molar-refractivity contribution is 6.09. The number of aliphatic hydroxyl groups excluding tert-OH is 1. The van der Waals surface area contributed by atoms with Gasteiger partial charge in [-0.25, -0.2) is 28.3 Å². The van der Waals surface area contributed by atoms with Crippen LogP contribution in [0.3, 0.4) is 0 Å². The van der Waals surface area contributed by atoms with Gasteiger partial charge in [-0.05, 0) is 155 Å². The molecule has 89 heavy (non-hydrogen) atoms. The number of halogens is 2. The summed E-state index contributed by atoms with van der Waals surface area (Å²) < 4.78 is 33.2. The molecule has 0 fully saturated rings. The van der Waals surface area contributed by atoms with E-state index in [9.17, 15) is 24.3 Å². The Hall–Kier alpha value is -8.24. The third-order valence-corrected chi connectivity index (χ3v) is 15.2. The molecule has 476 valence electrons. The molecule has 2 aliphatic heterocycles. The molecule has 2 aliphatic carbocycles. The average molecular weight is 1260 g/mol. The number of carboxylic acids is 1. The zero-order valence-corrected chi connectivity index (χ0v) is 54.9. The van der Waals surface area contributed by atoms with Gasteiger partial charge in [-0.1, -0.05) is 49.6 Å². The van der Waals surface area contributed by atoms with Crippen molar-refractivity contribution in [3.8, 4) is 44.9 Å². The summed E-state index contributed by atoms with van der Waals surface area (Å²) in [5, 5.41) is 22.3. The van der Waals surface area contributed by atoms with Crippen molar-refractivity contribution in [1.82, 2.24) is 9.15 Å². The molecule has 0 saturated heterocycles. The summed E-state index contributed by atoms with van der Waals surface area (Å²) in [6, 6.07) is 39.8. The SMILES string of the molecule is C=C(C)C(=O)OCCCCO.C=C(C)C(=O)OCCCCOC(=O)c1ccccc1-c1c2ccc(=[N+](CC)CC)cc-2oc2cc(N(CC)CC)ccc12.CCN(CC)c1ccc2c(-c3ccccc3C(=O)O)c3ccc(=[N+](CC)CC)cc-3oc2c1.[Cl-].[Cl-]. The summed E-state index contributed by atoms with van der Waals surface area (Å²) in [5.41, 5.74) is 10.4. The number of benzene rings is 6. The minimum absolute atomic E-state index is 0. The molecule has 0 aromatic heterocycles. The molecule has 2 heterocycles. The molecular weight excluding hydrogens is 1170 g/mol. The van der Waals surface area contributed by atoms with Gasteiger partial charge in [0.2, 0.25) is 10.7 Å². The van der Waals surface area contributed by atoms with Crippen molar-refractivity contribution in [2.45, 2.75) is 94.9 Å². The lowest BCUT2D eigenvalue weighted by Gasteiger charge is -2.22. The topological polar surface area (TPSA) is 175 Å². The van der Waals surface area contributed by atoms with Crippen LogP contribution >= 0.6 is 0 Å². The van der Waals surface area contributed by atoms with Crippen LogP contribution in [-0.4, -0.2) is 113 Å². The summed E-state index contributed by atoms with van der Waals surface area (Å²) >= 11 is 0. The van der Waals surface area contributed by atoms with E-state index in [1.807, 2.05) is 36.4 Å². The normalized spacial score (nSPS) is 10.6. The van der Waals surface area contributed by atoms with Gasteiger partial charge in [0, 0.05) is 113 Å². The van der Waals surface area contributed by atoms with Crippen LogP contribution in [-0.2, 0) is 23.8 Å². The fourth-order valence-corrected chi connectivity index (χ4v) is 10.5. The Kier molecular flexibility index (Phi) is 29.9. The number of unbranched alkanes of at least 4 members (excludes halogenated alkanes) is 2. The Labute approximate surface area is 536 Å². The van der Waals surface area contributed by atoms with Gasteiger partial charge in [-0.3, -0.25) is 0 Å². The van der Waals surface area contributed by atoms with Crippen molar-refractivity contribution < 1.29 is 77.3 Å². The molecule has 2 N–H and O–H groups in total. The second kappa shape index (κ2) is 36.3. The number of hydrogen-bond donors (Lipinski definition) is 2. The van der Waals surface area contributed by atoms with Crippen LogP contribution in [0, 0.1) is 0 Å². The highest BCUT2D eigenvalue weighted by atomic mass is 35.5. The molecule has 0 radical (unpaired) electrons. The van der Waals surface area contributed by atoms with E-state index < -0.39 is 17.9 Å². The highest BCUT2D eigenvalue weighted by Gasteiger charge is 2.25. The number of aromatic carboxylic acids is 1. The zero-order chi connectivity index (χ0) is 63.2.